The molecule has 3 rings (SSSR count). The molecule has 0 saturated carbocycles. The molecule has 1 fully saturated rings. The first-order valence-corrected chi connectivity index (χ1v) is 21.4. The molecular weight excluding hydrogens is 795 g/mol. The van der Waals surface area contributed by atoms with E-state index in [0.29, 0.717) is 18.0 Å². The van der Waals surface area contributed by atoms with Gasteiger partial charge in [-0.1, -0.05) is 124 Å². The second-order valence-corrected chi connectivity index (χ2v) is 16.2. The van der Waals surface area contributed by atoms with Gasteiger partial charge in [0.25, 0.3) is 0 Å². The van der Waals surface area contributed by atoms with Crippen LogP contribution in [0.3, 0.4) is 0 Å². The highest BCUT2D eigenvalue weighted by Gasteiger charge is 2.46. The Labute approximate surface area is 368 Å². The zero-order valence-electron chi connectivity index (χ0n) is 38.0. The molecular formula is C49H71NO12. The van der Waals surface area contributed by atoms with Crippen LogP contribution in [0.1, 0.15) is 78.8 Å². The number of hydrogen-bond acceptors (Lipinski definition) is 13. The zero-order valence-corrected chi connectivity index (χ0v) is 38.0. The highest BCUT2D eigenvalue weighted by atomic mass is 16.7. The van der Waals surface area contributed by atoms with Gasteiger partial charge in [0.2, 0.25) is 0 Å². The van der Waals surface area contributed by atoms with Crippen molar-refractivity contribution < 1.29 is 58.1 Å². The second kappa shape index (κ2) is 27.2. The fourth-order valence-corrected chi connectivity index (χ4v) is 7.36. The molecule has 3 heterocycles. The minimum atomic E-state index is -0.903. The van der Waals surface area contributed by atoms with Crippen molar-refractivity contribution in [2.75, 3.05) is 21.3 Å². The number of fused-ring (bicyclic) bond motifs is 2. The van der Waals surface area contributed by atoms with Gasteiger partial charge in [-0.05, 0) is 33.3 Å². The first-order chi connectivity index (χ1) is 29.6. The Kier molecular flexibility index (Phi) is 23.0. The Bertz CT molecular complexity index is 1750. The first-order valence-electron chi connectivity index (χ1n) is 21.4. The number of rotatable bonds is 9. The van der Waals surface area contributed by atoms with Crippen LogP contribution < -0.4 is 0 Å². The summed E-state index contributed by atoms with van der Waals surface area (Å²) < 4.78 is 41.4. The summed E-state index contributed by atoms with van der Waals surface area (Å²) in [5.74, 6) is -1.26. The number of aromatic nitrogens is 1. The molecule has 2 aliphatic rings. The Morgan fingerprint density at radius 1 is 0.790 bits per heavy atom. The molecule has 1 saturated heterocycles. The molecule has 0 radical (unpaired) electrons. The SMILES string of the molecule is COC1CC(O)/C=C/C=C/C=C\C(C)C(C(C)C(O)CC(C)O)OC(=O)/C=C/C=C/C=C/C(C)=C/C(C)C(O[C@H]2O[C@H](C)[C@@H](O)[C@H](OC)[C@H]2OC)/C=C\C=C\c2coc(n2)C1C. The summed E-state index contributed by atoms with van der Waals surface area (Å²) in [6.07, 6.45) is 24.8. The average Bonchev–Trinajstić information content (AvgIpc) is 3.71. The molecule has 13 nitrogen and oxygen atoms in total. The van der Waals surface area contributed by atoms with Crippen molar-refractivity contribution in [3.05, 3.63) is 121 Å². The summed E-state index contributed by atoms with van der Waals surface area (Å²) in [6, 6.07) is 0. The Morgan fingerprint density at radius 3 is 2.08 bits per heavy atom. The van der Waals surface area contributed by atoms with Crippen LogP contribution in [0, 0.1) is 17.8 Å². The van der Waals surface area contributed by atoms with Gasteiger partial charge in [-0.3, -0.25) is 0 Å². The van der Waals surface area contributed by atoms with E-state index in [2.05, 4.69) is 11.1 Å². The number of oxazole rings is 1. The quantitative estimate of drug-likeness (QED) is 0.189. The van der Waals surface area contributed by atoms with Gasteiger partial charge in [0.05, 0.1) is 42.5 Å². The van der Waals surface area contributed by atoms with Crippen molar-refractivity contribution >= 4 is 12.0 Å². The minimum Gasteiger partial charge on any atom is -0.458 e. The topological polar surface area (TPSA) is 179 Å². The fourth-order valence-electron chi connectivity index (χ4n) is 7.36. The molecule has 15 atom stereocenters. The fraction of sp³-hybridized carbons (Fsp3) is 0.551. The molecule has 10 unspecified atom stereocenters. The molecule has 0 aliphatic carbocycles. The van der Waals surface area contributed by atoms with Crippen molar-refractivity contribution in [3.63, 3.8) is 0 Å². The Morgan fingerprint density at radius 2 is 1.42 bits per heavy atom. The number of aliphatic hydroxyl groups is 4. The van der Waals surface area contributed by atoms with Crippen LogP contribution >= 0.6 is 0 Å². The normalized spacial score (nSPS) is 37.7. The highest BCUT2D eigenvalue weighted by Crippen LogP contribution is 2.30. The van der Waals surface area contributed by atoms with E-state index in [9.17, 15) is 25.2 Å². The van der Waals surface area contributed by atoms with E-state index in [0.717, 1.165) is 5.57 Å². The summed E-state index contributed by atoms with van der Waals surface area (Å²) in [5, 5.41) is 42.3. The Balaban J connectivity index is 1.96. The maximum Gasteiger partial charge on any atom is 0.331 e. The number of methoxy groups -OCH3 is 3. The molecule has 62 heavy (non-hydrogen) atoms. The van der Waals surface area contributed by atoms with Gasteiger partial charge < -0.3 is 53.3 Å². The van der Waals surface area contributed by atoms with Gasteiger partial charge in [0.15, 0.2) is 12.2 Å². The van der Waals surface area contributed by atoms with E-state index >= 15 is 0 Å². The standard InChI is InChI=1S/C49H71NO12/c1-31-21-15-11-14-18-26-43(54)62-45(35(5)40(53)28-34(4)51)32(2)22-16-12-13-17-24-39(52)29-42(56-8)36(6)48-50-38(30-59-48)23-19-20-25-41(33(3)27-31)61-49-47(58-10)46(57-9)44(55)37(7)60-49/h11-27,30,32-37,39-42,44-47,49,51-53,55H,28-29H2,1-10H3/b13-12+,14-11+,21-15+,22-16-,23-19+,24-17+,25-20-,26-18+,31-27+/t32?,33?,34?,35?,36?,37-,39?,40?,41?,42?,44-,45?,46+,47-,49-/m1/s1. The predicted molar refractivity (Wildman–Crippen MR) is 240 cm³/mol. The number of carbonyl (C=O) groups is 1. The molecule has 2 aliphatic heterocycles. The van der Waals surface area contributed by atoms with Gasteiger partial charge in [-0.15, -0.1) is 0 Å². The lowest BCUT2D eigenvalue weighted by Gasteiger charge is -2.43. The van der Waals surface area contributed by atoms with Crippen molar-refractivity contribution in [2.45, 2.75) is 135 Å². The molecule has 1 aromatic heterocycles. The van der Waals surface area contributed by atoms with E-state index in [1.165, 1.54) is 20.3 Å². The lowest BCUT2D eigenvalue weighted by Crippen LogP contribution is -2.59. The molecule has 0 aromatic carbocycles. The highest BCUT2D eigenvalue weighted by molar-refractivity contribution is 5.82. The van der Waals surface area contributed by atoms with Crippen molar-refractivity contribution in [1.82, 2.24) is 4.98 Å². The summed E-state index contributed by atoms with van der Waals surface area (Å²) >= 11 is 0. The monoisotopic (exact) mass is 865 g/mol. The van der Waals surface area contributed by atoms with E-state index in [4.69, 9.17) is 32.8 Å². The van der Waals surface area contributed by atoms with Crippen LogP contribution in [0.5, 0.6) is 0 Å². The Hall–Kier alpha value is -4.02. The average molecular weight is 866 g/mol. The van der Waals surface area contributed by atoms with Crippen molar-refractivity contribution in [1.29, 1.82) is 0 Å². The van der Waals surface area contributed by atoms with E-state index in [1.54, 1.807) is 76.7 Å². The number of hydrogen-bond donors (Lipinski definition) is 4. The van der Waals surface area contributed by atoms with Crippen LogP contribution in [0.4, 0.5) is 0 Å². The number of ether oxygens (including phenoxy) is 6. The molecule has 1 aromatic rings. The van der Waals surface area contributed by atoms with Crippen molar-refractivity contribution in [2.24, 2.45) is 17.8 Å². The minimum absolute atomic E-state index is 0.141. The molecule has 13 heteroatoms. The molecule has 0 spiro atoms. The van der Waals surface area contributed by atoms with Gasteiger partial charge in [0.1, 0.15) is 36.4 Å². The van der Waals surface area contributed by atoms with Crippen LogP contribution in [0.15, 0.2) is 113 Å². The summed E-state index contributed by atoms with van der Waals surface area (Å²) in [6.45, 7) is 13.0. The number of allylic oxidation sites excluding steroid dienone is 12. The third kappa shape index (κ3) is 16.9. The van der Waals surface area contributed by atoms with Gasteiger partial charge in [-0.2, -0.15) is 0 Å². The van der Waals surface area contributed by atoms with Crippen molar-refractivity contribution in [3.8, 4) is 0 Å². The first kappa shape index (κ1) is 52.3. The summed E-state index contributed by atoms with van der Waals surface area (Å²) in [7, 11) is 4.63. The molecule has 344 valence electrons. The third-order valence-electron chi connectivity index (χ3n) is 11.1. The van der Waals surface area contributed by atoms with E-state index in [1.807, 2.05) is 76.3 Å². The molecule has 0 amide bonds. The maximum atomic E-state index is 13.0. The molecule has 4 N–H and O–H groups in total. The number of nitrogens with zero attached hydrogens (tertiary/aromatic N) is 1. The van der Waals surface area contributed by atoms with Crippen LogP contribution in [-0.2, 0) is 33.2 Å². The van der Waals surface area contributed by atoms with Crippen LogP contribution in [0.2, 0.25) is 0 Å². The molecule has 2 bridgehead atoms. The lowest BCUT2D eigenvalue weighted by atomic mass is 9.86. The van der Waals surface area contributed by atoms with E-state index < -0.39 is 73.1 Å². The predicted octanol–water partition coefficient (Wildman–Crippen LogP) is 6.88. The van der Waals surface area contributed by atoms with Gasteiger partial charge in [-0.25, -0.2) is 9.78 Å². The number of carbonyl (C=O) groups excluding carboxylic acids is 1. The largest absolute Gasteiger partial charge is 0.458 e. The number of cyclic esters (lactones) is 1. The maximum absolute atomic E-state index is 13.0. The second-order valence-electron chi connectivity index (χ2n) is 16.2. The van der Waals surface area contributed by atoms with Gasteiger partial charge in [0, 0.05) is 51.6 Å². The van der Waals surface area contributed by atoms with Gasteiger partial charge >= 0.3 is 5.97 Å². The number of esters is 1. The summed E-state index contributed by atoms with van der Waals surface area (Å²) in [4.78, 5) is 17.7. The van der Waals surface area contributed by atoms with Crippen LogP contribution in [0.25, 0.3) is 6.08 Å². The van der Waals surface area contributed by atoms with E-state index in [-0.39, 0.29) is 30.3 Å². The third-order valence-corrected chi connectivity index (χ3v) is 11.1. The number of aliphatic hydroxyl groups excluding tert-OH is 4. The summed E-state index contributed by atoms with van der Waals surface area (Å²) in [5.41, 5.74) is 1.56. The smallest absolute Gasteiger partial charge is 0.331 e. The zero-order chi connectivity index (χ0) is 45.8. The van der Waals surface area contributed by atoms with Crippen LogP contribution in [-0.4, -0.2) is 120 Å². The lowest BCUT2D eigenvalue weighted by molar-refractivity contribution is -0.310.